The van der Waals surface area contributed by atoms with E-state index >= 15 is 0 Å². The fourth-order valence-electron chi connectivity index (χ4n) is 2.61. The van der Waals surface area contributed by atoms with Gasteiger partial charge in [0.05, 0.1) is 0 Å². The Morgan fingerprint density at radius 2 is 1.54 bits per heavy atom. The van der Waals surface area contributed by atoms with Crippen molar-refractivity contribution in [3.05, 3.63) is 0 Å². The quantitative estimate of drug-likeness (QED) is 0.638. The van der Waals surface area contributed by atoms with Crippen LogP contribution < -0.4 is 0 Å². The number of Topliss-reactive ketones (excluding diaryl/α,β-unsaturated/α-hetero) is 1. The number of ketones is 1. The Morgan fingerprint density at radius 3 is 1.77 bits per heavy atom. The average molecular weight is 180 g/mol. The van der Waals surface area contributed by atoms with Crippen LogP contribution in [0, 0.1) is 16.2 Å². The highest BCUT2D eigenvalue weighted by Crippen LogP contribution is 2.71. The second-order valence-corrected chi connectivity index (χ2v) is 6.22. The molecule has 0 atom stereocenters. The maximum atomic E-state index is 12.2. The summed E-state index contributed by atoms with van der Waals surface area (Å²) < 4.78 is 0. The van der Waals surface area contributed by atoms with Gasteiger partial charge in [-0.2, -0.15) is 0 Å². The lowest BCUT2D eigenvalue weighted by molar-refractivity contribution is -0.134. The first-order valence-electron chi connectivity index (χ1n) is 5.37. The van der Waals surface area contributed by atoms with Crippen molar-refractivity contribution < 1.29 is 4.79 Å². The predicted molar refractivity (Wildman–Crippen MR) is 53.5 cm³/mol. The Morgan fingerprint density at radius 1 is 1.08 bits per heavy atom. The van der Waals surface area contributed by atoms with Crippen LogP contribution in [0.25, 0.3) is 0 Å². The molecular weight excluding hydrogens is 160 g/mol. The third-order valence-corrected chi connectivity index (χ3v) is 4.02. The minimum Gasteiger partial charge on any atom is -0.298 e. The molecule has 0 spiro atoms. The highest BCUT2D eigenvalue weighted by molar-refractivity contribution is 5.92. The zero-order valence-corrected chi connectivity index (χ0v) is 9.24. The van der Waals surface area contributed by atoms with Crippen molar-refractivity contribution in [3.8, 4) is 0 Å². The summed E-state index contributed by atoms with van der Waals surface area (Å²) in [7, 11) is 0. The van der Waals surface area contributed by atoms with E-state index in [1.807, 2.05) is 0 Å². The first kappa shape index (κ1) is 9.23. The van der Waals surface area contributed by atoms with Crippen LogP contribution in [0.15, 0.2) is 0 Å². The predicted octanol–water partition coefficient (Wildman–Crippen LogP) is 3.18. The van der Waals surface area contributed by atoms with E-state index in [4.69, 9.17) is 0 Å². The van der Waals surface area contributed by atoms with Gasteiger partial charge in [-0.3, -0.25) is 4.79 Å². The summed E-state index contributed by atoms with van der Waals surface area (Å²) in [5, 5.41) is 0. The lowest BCUT2D eigenvalue weighted by atomic mass is 9.73. The number of carbonyl (C=O) groups is 1. The van der Waals surface area contributed by atoms with Crippen molar-refractivity contribution in [1.29, 1.82) is 0 Å². The van der Waals surface area contributed by atoms with Gasteiger partial charge in [0.1, 0.15) is 5.78 Å². The maximum Gasteiger partial charge on any atom is 0.144 e. The van der Waals surface area contributed by atoms with Crippen LogP contribution in [0.4, 0.5) is 0 Å². The minimum atomic E-state index is -0.137. The molecule has 13 heavy (non-hydrogen) atoms. The first-order valence-corrected chi connectivity index (χ1v) is 5.37. The molecule has 0 radical (unpaired) electrons. The van der Waals surface area contributed by atoms with Gasteiger partial charge in [-0.25, -0.2) is 0 Å². The SMILES string of the molecule is CC(C)(C)C(=O)C1(C2(C)CC2)CC1. The Hall–Kier alpha value is -0.330. The largest absolute Gasteiger partial charge is 0.298 e. The zero-order chi connectivity index (χ0) is 9.91. The van der Waals surface area contributed by atoms with E-state index in [0.717, 1.165) is 12.8 Å². The molecule has 1 heteroatoms. The average Bonchev–Trinajstić information content (AvgIpc) is 2.78. The summed E-state index contributed by atoms with van der Waals surface area (Å²) in [5.74, 6) is 0.514. The molecule has 0 aromatic carbocycles. The zero-order valence-electron chi connectivity index (χ0n) is 9.24. The standard InChI is InChI=1S/C12H20O/c1-10(2,3)9(13)12(7-8-12)11(4)5-6-11/h5-8H2,1-4H3. The van der Waals surface area contributed by atoms with Crippen LogP contribution in [-0.2, 0) is 4.79 Å². The normalized spacial score (nSPS) is 28.3. The highest BCUT2D eigenvalue weighted by Gasteiger charge is 2.67. The third-order valence-electron chi connectivity index (χ3n) is 4.02. The molecule has 0 bridgehead atoms. The molecule has 0 aromatic heterocycles. The summed E-state index contributed by atoms with van der Waals surface area (Å²) in [4.78, 5) is 12.2. The van der Waals surface area contributed by atoms with Crippen LogP contribution in [0.3, 0.4) is 0 Å². The summed E-state index contributed by atoms with van der Waals surface area (Å²) in [6.07, 6.45) is 4.85. The number of hydrogen-bond donors (Lipinski definition) is 0. The molecular formula is C12H20O. The van der Waals surface area contributed by atoms with Crippen molar-refractivity contribution in [3.63, 3.8) is 0 Å². The van der Waals surface area contributed by atoms with Gasteiger partial charge in [-0.15, -0.1) is 0 Å². The van der Waals surface area contributed by atoms with Crippen molar-refractivity contribution in [2.24, 2.45) is 16.2 Å². The number of carbonyl (C=O) groups excluding carboxylic acids is 1. The summed E-state index contributed by atoms with van der Waals surface area (Å²) in [6.45, 7) is 8.47. The third kappa shape index (κ3) is 1.16. The van der Waals surface area contributed by atoms with E-state index in [1.54, 1.807) is 0 Å². The van der Waals surface area contributed by atoms with Gasteiger partial charge in [0.2, 0.25) is 0 Å². The van der Waals surface area contributed by atoms with E-state index in [2.05, 4.69) is 27.7 Å². The molecule has 2 fully saturated rings. The van der Waals surface area contributed by atoms with Gasteiger partial charge in [0, 0.05) is 10.8 Å². The molecule has 0 amide bonds. The Balaban J connectivity index is 2.21. The Kier molecular flexibility index (Phi) is 1.55. The summed E-state index contributed by atoms with van der Waals surface area (Å²) >= 11 is 0. The molecule has 2 rings (SSSR count). The van der Waals surface area contributed by atoms with Gasteiger partial charge in [-0.05, 0) is 31.1 Å². The minimum absolute atomic E-state index is 0.102. The van der Waals surface area contributed by atoms with E-state index < -0.39 is 0 Å². The first-order chi connectivity index (χ1) is 5.82. The number of hydrogen-bond acceptors (Lipinski definition) is 1. The van der Waals surface area contributed by atoms with Gasteiger partial charge in [0.25, 0.3) is 0 Å². The molecule has 0 unspecified atom stereocenters. The molecule has 0 saturated heterocycles. The van der Waals surface area contributed by atoms with Crippen LogP contribution in [-0.4, -0.2) is 5.78 Å². The van der Waals surface area contributed by atoms with Crippen molar-refractivity contribution in [1.82, 2.24) is 0 Å². The second-order valence-electron chi connectivity index (χ2n) is 6.22. The van der Waals surface area contributed by atoms with Crippen LogP contribution >= 0.6 is 0 Å². The monoisotopic (exact) mass is 180 g/mol. The van der Waals surface area contributed by atoms with Gasteiger partial charge in [0.15, 0.2) is 0 Å². The Bertz CT molecular complexity index is 249. The topological polar surface area (TPSA) is 17.1 Å². The summed E-state index contributed by atoms with van der Waals surface area (Å²) in [6, 6.07) is 0. The smallest absolute Gasteiger partial charge is 0.144 e. The maximum absolute atomic E-state index is 12.2. The molecule has 74 valence electrons. The van der Waals surface area contributed by atoms with Crippen LogP contribution in [0.5, 0.6) is 0 Å². The van der Waals surface area contributed by atoms with Crippen LogP contribution in [0.2, 0.25) is 0 Å². The highest BCUT2D eigenvalue weighted by atomic mass is 16.1. The van der Waals surface area contributed by atoms with Crippen LogP contribution in [0.1, 0.15) is 53.4 Å². The van der Waals surface area contributed by atoms with E-state index in [-0.39, 0.29) is 10.8 Å². The molecule has 1 nitrogen and oxygen atoms in total. The molecule has 2 saturated carbocycles. The van der Waals surface area contributed by atoms with E-state index in [1.165, 1.54) is 12.8 Å². The number of rotatable bonds is 2. The lowest BCUT2D eigenvalue weighted by Crippen LogP contribution is -2.34. The van der Waals surface area contributed by atoms with E-state index in [9.17, 15) is 4.79 Å². The fraction of sp³-hybridized carbons (Fsp3) is 0.917. The van der Waals surface area contributed by atoms with Gasteiger partial charge < -0.3 is 0 Å². The van der Waals surface area contributed by atoms with Gasteiger partial charge >= 0.3 is 0 Å². The Labute approximate surface area is 80.9 Å². The fourth-order valence-corrected chi connectivity index (χ4v) is 2.61. The lowest BCUT2D eigenvalue weighted by Gasteiger charge is -2.29. The van der Waals surface area contributed by atoms with Gasteiger partial charge in [-0.1, -0.05) is 27.7 Å². The molecule has 2 aliphatic carbocycles. The summed E-state index contributed by atoms with van der Waals surface area (Å²) in [5.41, 5.74) is 0.352. The molecule has 0 aromatic rings. The molecule has 0 N–H and O–H groups in total. The molecule has 2 aliphatic rings. The molecule has 0 heterocycles. The second kappa shape index (κ2) is 2.18. The van der Waals surface area contributed by atoms with Crippen molar-refractivity contribution in [2.75, 3.05) is 0 Å². The van der Waals surface area contributed by atoms with E-state index in [0.29, 0.717) is 11.2 Å². The molecule has 0 aliphatic heterocycles. The van der Waals surface area contributed by atoms with Crippen molar-refractivity contribution in [2.45, 2.75) is 53.4 Å². The van der Waals surface area contributed by atoms with Crippen molar-refractivity contribution >= 4 is 5.78 Å².